The number of nitrogens with zero attached hydrogens (tertiary/aromatic N) is 3. The second-order valence-corrected chi connectivity index (χ2v) is 4.94. The Bertz CT molecular complexity index is 566. The van der Waals surface area contributed by atoms with Gasteiger partial charge in [-0.25, -0.2) is 4.39 Å². The van der Waals surface area contributed by atoms with E-state index in [0.717, 1.165) is 31.7 Å². The van der Waals surface area contributed by atoms with E-state index in [-0.39, 0.29) is 5.82 Å². The van der Waals surface area contributed by atoms with Gasteiger partial charge in [0.1, 0.15) is 5.82 Å². The third-order valence-corrected chi connectivity index (χ3v) is 3.33. The molecule has 5 nitrogen and oxygen atoms in total. The molecule has 1 aromatic carbocycles. The molecule has 3 rings (SSSR count). The summed E-state index contributed by atoms with van der Waals surface area (Å²) in [5.74, 6) is 0.978. The number of benzene rings is 1. The van der Waals surface area contributed by atoms with Gasteiger partial charge in [-0.05, 0) is 17.7 Å². The predicted molar refractivity (Wildman–Crippen MR) is 71.7 cm³/mol. The maximum absolute atomic E-state index is 13.1. The van der Waals surface area contributed by atoms with Crippen LogP contribution in [-0.4, -0.2) is 41.2 Å². The molecule has 0 spiro atoms. The lowest BCUT2D eigenvalue weighted by atomic mass is 10.1. The molecule has 6 heteroatoms. The second-order valence-electron chi connectivity index (χ2n) is 4.94. The Kier molecular flexibility index (Phi) is 4.03. The molecule has 1 N–H and O–H groups in total. The lowest BCUT2D eigenvalue weighted by Crippen LogP contribution is -2.42. The fourth-order valence-corrected chi connectivity index (χ4v) is 2.32. The smallest absolute Gasteiger partial charge is 0.240 e. The van der Waals surface area contributed by atoms with E-state index in [1.54, 1.807) is 6.07 Å². The number of hydrogen-bond donors (Lipinski definition) is 1. The summed E-state index contributed by atoms with van der Waals surface area (Å²) >= 11 is 0. The van der Waals surface area contributed by atoms with E-state index in [0.29, 0.717) is 24.7 Å². The molecule has 106 valence electrons. The van der Waals surface area contributed by atoms with Crippen LogP contribution < -0.4 is 5.32 Å². The van der Waals surface area contributed by atoms with Gasteiger partial charge in [-0.3, -0.25) is 4.90 Å². The molecule has 2 heterocycles. The minimum atomic E-state index is -0.243. The quantitative estimate of drug-likeness (QED) is 0.909. The van der Waals surface area contributed by atoms with Gasteiger partial charge < -0.3 is 9.84 Å². The highest BCUT2D eigenvalue weighted by molar-refractivity contribution is 5.19. The second kappa shape index (κ2) is 6.11. The van der Waals surface area contributed by atoms with E-state index in [1.165, 1.54) is 12.1 Å². The van der Waals surface area contributed by atoms with Crippen LogP contribution in [0.4, 0.5) is 4.39 Å². The fourth-order valence-electron chi connectivity index (χ4n) is 2.32. The van der Waals surface area contributed by atoms with Crippen molar-refractivity contribution < 1.29 is 8.91 Å². The van der Waals surface area contributed by atoms with Crippen LogP contribution in [-0.2, 0) is 13.0 Å². The Hall–Kier alpha value is -1.79. The van der Waals surface area contributed by atoms with E-state index in [9.17, 15) is 4.39 Å². The average molecular weight is 276 g/mol. The monoisotopic (exact) mass is 276 g/mol. The summed E-state index contributed by atoms with van der Waals surface area (Å²) in [5, 5.41) is 7.26. The molecule has 0 bridgehead atoms. The first-order valence-electron chi connectivity index (χ1n) is 6.78. The molecule has 0 atom stereocenters. The Labute approximate surface area is 116 Å². The number of piperazine rings is 1. The Balaban J connectivity index is 1.61. The standard InChI is InChI=1S/C14H17FN4O/c15-12-3-1-2-11(8-12)9-13-17-14(20-18-13)10-19-6-4-16-5-7-19/h1-3,8,16H,4-7,9-10H2. The number of aromatic nitrogens is 2. The van der Waals surface area contributed by atoms with Gasteiger partial charge in [-0.15, -0.1) is 0 Å². The molecule has 1 saturated heterocycles. The SMILES string of the molecule is Fc1cccc(Cc2noc(CN3CCNCC3)n2)c1. The third kappa shape index (κ3) is 3.40. The van der Waals surface area contributed by atoms with Crippen molar-refractivity contribution in [1.82, 2.24) is 20.4 Å². The van der Waals surface area contributed by atoms with Crippen molar-refractivity contribution in [2.45, 2.75) is 13.0 Å². The van der Waals surface area contributed by atoms with Crippen molar-refractivity contribution >= 4 is 0 Å². The zero-order valence-electron chi connectivity index (χ0n) is 11.2. The van der Waals surface area contributed by atoms with Crippen LogP contribution in [0.3, 0.4) is 0 Å². The minimum absolute atomic E-state index is 0.243. The summed E-state index contributed by atoms with van der Waals surface area (Å²) in [6.07, 6.45) is 0.489. The molecule has 1 fully saturated rings. The van der Waals surface area contributed by atoms with E-state index in [4.69, 9.17) is 4.52 Å². The van der Waals surface area contributed by atoms with Crippen LogP contribution in [0, 0.1) is 5.82 Å². The summed E-state index contributed by atoms with van der Waals surface area (Å²) in [6, 6.07) is 6.46. The topological polar surface area (TPSA) is 54.2 Å². The fraction of sp³-hybridized carbons (Fsp3) is 0.429. The van der Waals surface area contributed by atoms with Crippen molar-refractivity contribution in [3.63, 3.8) is 0 Å². The zero-order valence-corrected chi connectivity index (χ0v) is 11.2. The first-order valence-corrected chi connectivity index (χ1v) is 6.78. The molecular weight excluding hydrogens is 259 g/mol. The maximum atomic E-state index is 13.1. The van der Waals surface area contributed by atoms with Crippen molar-refractivity contribution in [2.24, 2.45) is 0 Å². The highest BCUT2D eigenvalue weighted by Crippen LogP contribution is 2.10. The summed E-state index contributed by atoms with van der Waals surface area (Å²) in [5.41, 5.74) is 0.847. The number of rotatable bonds is 4. The van der Waals surface area contributed by atoms with Gasteiger partial charge in [-0.2, -0.15) is 4.98 Å². The molecule has 20 heavy (non-hydrogen) atoms. The number of halogens is 1. The molecule has 0 amide bonds. The predicted octanol–water partition coefficient (Wildman–Crippen LogP) is 1.20. The van der Waals surface area contributed by atoms with Gasteiger partial charge in [0.15, 0.2) is 5.82 Å². The molecule has 0 radical (unpaired) electrons. The van der Waals surface area contributed by atoms with Gasteiger partial charge in [0.25, 0.3) is 0 Å². The van der Waals surface area contributed by atoms with Gasteiger partial charge >= 0.3 is 0 Å². The maximum Gasteiger partial charge on any atom is 0.240 e. The number of nitrogens with one attached hydrogen (secondary N) is 1. The van der Waals surface area contributed by atoms with E-state index in [2.05, 4.69) is 20.4 Å². The van der Waals surface area contributed by atoms with Gasteiger partial charge in [0, 0.05) is 32.6 Å². The minimum Gasteiger partial charge on any atom is -0.338 e. The van der Waals surface area contributed by atoms with Crippen LogP contribution in [0.25, 0.3) is 0 Å². The van der Waals surface area contributed by atoms with Crippen molar-refractivity contribution in [2.75, 3.05) is 26.2 Å². The lowest BCUT2D eigenvalue weighted by Gasteiger charge is -2.25. The Morgan fingerprint density at radius 3 is 2.95 bits per heavy atom. The molecule has 0 saturated carbocycles. The van der Waals surface area contributed by atoms with E-state index in [1.807, 2.05) is 6.07 Å². The normalized spacial score (nSPS) is 16.4. The molecule has 1 aliphatic heterocycles. The van der Waals surface area contributed by atoms with Crippen LogP contribution in [0.15, 0.2) is 28.8 Å². The molecular formula is C14H17FN4O. The zero-order chi connectivity index (χ0) is 13.8. The highest BCUT2D eigenvalue weighted by atomic mass is 19.1. The molecule has 1 aromatic heterocycles. The van der Waals surface area contributed by atoms with Crippen molar-refractivity contribution in [3.05, 3.63) is 47.4 Å². The van der Waals surface area contributed by atoms with Crippen LogP contribution in [0.1, 0.15) is 17.3 Å². The average Bonchev–Trinajstić information content (AvgIpc) is 2.87. The highest BCUT2D eigenvalue weighted by Gasteiger charge is 2.14. The number of hydrogen-bond acceptors (Lipinski definition) is 5. The van der Waals surface area contributed by atoms with Crippen LogP contribution >= 0.6 is 0 Å². The van der Waals surface area contributed by atoms with Gasteiger partial charge in [0.05, 0.1) is 6.54 Å². The first-order chi connectivity index (χ1) is 9.79. The molecule has 1 aliphatic rings. The largest absolute Gasteiger partial charge is 0.338 e. The van der Waals surface area contributed by atoms with Crippen LogP contribution in [0.2, 0.25) is 0 Å². The lowest BCUT2D eigenvalue weighted by molar-refractivity contribution is 0.203. The van der Waals surface area contributed by atoms with E-state index < -0.39 is 0 Å². The summed E-state index contributed by atoms with van der Waals surface area (Å²) < 4.78 is 18.4. The van der Waals surface area contributed by atoms with Crippen molar-refractivity contribution in [3.8, 4) is 0 Å². The molecule has 2 aromatic rings. The molecule has 0 unspecified atom stereocenters. The summed E-state index contributed by atoms with van der Waals surface area (Å²) in [4.78, 5) is 6.64. The Morgan fingerprint density at radius 1 is 1.30 bits per heavy atom. The molecule has 0 aliphatic carbocycles. The van der Waals surface area contributed by atoms with Crippen LogP contribution in [0.5, 0.6) is 0 Å². The van der Waals surface area contributed by atoms with Gasteiger partial charge in [-0.1, -0.05) is 17.3 Å². The third-order valence-electron chi connectivity index (χ3n) is 3.33. The Morgan fingerprint density at radius 2 is 2.15 bits per heavy atom. The van der Waals surface area contributed by atoms with E-state index >= 15 is 0 Å². The van der Waals surface area contributed by atoms with Crippen molar-refractivity contribution in [1.29, 1.82) is 0 Å². The van der Waals surface area contributed by atoms with Gasteiger partial charge in [0.2, 0.25) is 5.89 Å². The summed E-state index contributed by atoms with van der Waals surface area (Å²) in [7, 11) is 0. The summed E-state index contributed by atoms with van der Waals surface area (Å²) in [6.45, 7) is 4.63. The first kappa shape index (κ1) is 13.2.